The topological polar surface area (TPSA) is 125 Å². The summed E-state index contributed by atoms with van der Waals surface area (Å²) < 4.78 is 46.4. The standard InChI is InChI=1S/C17H22FN3O6S/c1-17(2,3)27-16(24)19-7-9-4-10-6-12(22)15(14(18)11(10)5-9)21-8-13(23)20-28(21,25)26/h6,9,22H,4-5,7-8H2,1-3H3,(H,19,24)(H,20,23)/t9-/m1/s1. The lowest BCUT2D eigenvalue weighted by atomic mass is 10.1. The number of ether oxygens (including phenoxy) is 1. The van der Waals surface area contributed by atoms with Gasteiger partial charge in [-0.25, -0.2) is 18.2 Å². The van der Waals surface area contributed by atoms with Crippen molar-refractivity contribution >= 4 is 27.9 Å². The molecule has 0 spiro atoms. The molecule has 11 heteroatoms. The van der Waals surface area contributed by atoms with Crippen LogP contribution < -0.4 is 14.3 Å². The van der Waals surface area contributed by atoms with Crippen LogP contribution in [0, 0.1) is 11.7 Å². The predicted molar refractivity (Wildman–Crippen MR) is 97.6 cm³/mol. The molecule has 9 nitrogen and oxygen atoms in total. The number of amides is 2. The molecule has 0 unspecified atom stereocenters. The molecule has 28 heavy (non-hydrogen) atoms. The third-order valence-electron chi connectivity index (χ3n) is 4.42. The molecule has 154 valence electrons. The fourth-order valence-corrected chi connectivity index (χ4v) is 4.52. The van der Waals surface area contributed by atoms with Crippen LogP contribution in [-0.2, 0) is 32.6 Å². The summed E-state index contributed by atoms with van der Waals surface area (Å²) in [6.07, 6.45) is 0.0690. The number of benzene rings is 1. The minimum Gasteiger partial charge on any atom is -0.506 e. The monoisotopic (exact) mass is 415 g/mol. The van der Waals surface area contributed by atoms with E-state index in [1.165, 1.54) is 6.07 Å². The first-order chi connectivity index (χ1) is 12.9. The van der Waals surface area contributed by atoms with Gasteiger partial charge in [-0.3, -0.25) is 4.79 Å². The highest BCUT2D eigenvalue weighted by molar-refractivity contribution is 7.92. The van der Waals surface area contributed by atoms with Crippen LogP contribution in [0.5, 0.6) is 5.75 Å². The van der Waals surface area contributed by atoms with Gasteiger partial charge >= 0.3 is 16.3 Å². The molecule has 0 bridgehead atoms. The molecule has 2 amide bonds. The van der Waals surface area contributed by atoms with Gasteiger partial charge in [-0.05, 0) is 56.7 Å². The number of rotatable bonds is 3. The molecule has 1 fully saturated rings. The van der Waals surface area contributed by atoms with Crippen LogP contribution in [0.3, 0.4) is 0 Å². The molecule has 0 aromatic heterocycles. The van der Waals surface area contributed by atoms with E-state index in [1.54, 1.807) is 25.5 Å². The molecule has 3 N–H and O–H groups in total. The molecule has 1 aromatic carbocycles. The first-order valence-corrected chi connectivity index (χ1v) is 10.1. The minimum absolute atomic E-state index is 0.137. The summed E-state index contributed by atoms with van der Waals surface area (Å²) >= 11 is 0. The summed E-state index contributed by atoms with van der Waals surface area (Å²) in [6.45, 7) is 4.85. The van der Waals surface area contributed by atoms with Gasteiger partial charge in [0.05, 0.1) is 0 Å². The number of halogens is 1. The molecule has 1 aromatic rings. The number of alkyl carbamates (subject to hydrolysis) is 1. The van der Waals surface area contributed by atoms with Gasteiger partial charge in [0.15, 0.2) is 5.82 Å². The zero-order valence-electron chi connectivity index (χ0n) is 15.7. The van der Waals surface area contributed by atoms with Gasteiger partial charge in [-0.2, -0.15) is 8.42 Å². The summed E-state index contributed by atoms with van der Waals surface area (Å²) in [5, 5.41) is 12.8. The molecule has 1 aliphatic heterocycles. The molecule has 1 atom stereocenters. The Morgan fingerprint density at radius 1 is 1.43 bits per heavy atom. The molecule has 3 rings (SSSR count). The van der Waals surface area contributed by atoms with Crippen LogP contribution in [0.15, 0.2) is 6.07 Å². The van der Waals surface area contributed by atoms with Gasteiger partial charge in [-0.1, -0.05) is 0 Å². The maximum absolute atomic E-state index is 15.0. The summed E-state index contributed by atoms with van der Waals surface area (Å²) in [5.41, 5.74) is -0.385. The van der Waals surface area contributed by atoms with Crippen molar-refractivity contribution in [3.05, 3.63) is 23.0 Å². The smallest absolute Gasteiger partial charge is 0.407 e. The molecule has 0 saturated carbocycles. The van der Waals surface area contributed by atoms with Crippen molar-refractivity contribution in [3.8, 4) is 5.75 Å². The van der Waals surface area contributed by atoms with Gasteiger partial charge in [0, 0.05) is 6.54 Å². The number of carbonyl (C=O) groups is 2. The van der Waals surface area contributed by atoms with Gasteiger partial charge in [-0.15, -0.1) is 0 Å². The largest absolute Gasteiger partial charge is 0.506 e. The number of fused-ring (bicyclic) bond motifs is 1. The number of aromatic hydroxyl groups is 1. The van der Waals surface area contributed by atoms with Gasteiger partial charge < -0.3 is 15.2 Å². The van der Waals surface area contributed by atoms with Gasteiger partial charge in [0.2, 0.25) is 0 Å². The van der Waals surface area contributed by atoms with E-state index in [9.17, 15) is 23.1 Å². The molecule has 1 saturated heterocycles. The third-order valence-corrected chi connectivity index (χ3v) is 5.80. The maximum atomic E-state index is 15.0. The number of phenols is 1. The highest BCUT2D eigenvalue weighted by Gasteiger charge is 2.39. The van der Waals surface area contributed by atoms with Crippen LogP contribution in [-0.4, -0.2) is 44.2 Å². The lowest BCUT2D eigenvalue weighted by Gasteiger charge is -2.20. The second-order valence-corrected chi connectivity index (χ2v) is 9.48. The first kappa shape index (κ1) is 20.2. The fourth-order valence-electron chi connectivity index (χ4n) is 3.36. The second kappa shape index (κ2) is 6.80. The van der Waals surface area contributed by atoms with E-state index in [-0.39, 0.29) is 24.4 Å². The predicted octanol–water partition coefficient (Wildman–Crippen LogP) is 0.952. The van der Waals surface area contributed by atoms with Crippen molar-refractivity contribution in [3.63, 3.8) is 0 Å². The maximum Gasteiger partial charge on any atom is 0.407 e. The number of hydrogen-bond donors (Lipinski definition) is 3. The van der Waals surface area contributed by atoms with Crippen molar-refractivity contribution in [2.75, 3.05) is 17.4 Å². The molecule has 2 aliphatic rings. The average Bonchev–Trinajstić information content (AvgIpc) is 3.04. The molecular weight excluding hydrogens is 393 g/mol. The van der Waals surface area contributed by atoms with Crippen LogP contribution in [0.25, 0.3) is 0 Å². The number of hydrogen-bond acceptors (Lipinski definition) is 6. The lowest BCUT2D eigenvalue weighted by Crippen LogP contribution is -2.35. The highest BCUT2D eigenvalue weighted by atomic mass is 32.2. The Morgan fingerprint density at radius 3 is 2.68 bits per heavy atom. The molecule has 1 heterocycles. The number of phenolic OH excluding ortho intramolecular Hbond substituents is 1. The van der Waals surface area contributed by atoms with Crippen LogP contribution in [0.4, 0.5) is 14.9 Å². The van der Waals surface area contributed by atoms with Gasteiger partial charge in [0.1, 0.15) is 23.6 Å². The third kappa shape index (κ3) is 3.98. The zero-order chi connectivity index (χ0) is 20.9. The van der Waals surface area contributed by atoms with E-state index in [4.69, 9.17) is 4.74 Å². The Kier molecular flexibility index (Phi) is 4.90. The van der Waals surface area contributed by atoms with Crippen LogP contribution in [0.1, 0.15) is 31.9 Å². The fraction of sp³-hybridized carbons (Fsp3) is 0.529. The van der Waals surface area contributed by atoms with Crippen molar-refractivity contribution in [2.24, 2.45) is 5.92 Å². The van der Waals surface area contributed by atoms with E-state index >= 15 is 4.39 Å². The van der Waals surface area contributed by atoms with Crippen molar-refractivity contribution in [1.82, 2.24) is 10.0 Å². The molecule has 0 radical (unpaired) electrons. The van der Waals surface area contributed by atoms with Crippen LogP contribution >= 0.6 is 0 Å². The van der Waals surface area contributed by atoms with Crippen LogP contribution in [0.2, 0.25) is 0 Å². The average molecular weight is 415 g/mol. The highest BCUT2D eigenvalue weighted by Crippen LogP contribution is 2.41. The molecular formula is C17H22FN3O6S. The van der Waals surface area contributed by atoms with Crippen molar-refractivity contribution in [1.29, 1.82) is 0 Å². The Hall–Kier alpha value is -2.56. The normalized spacial score (nSPS) is 20.6. The van der Waals surface area contributed by atoms with Crippen molar-refractivity contribution < 1.29 is 32.2 Å². The van der Waals surface area contributed by atoms with E-state index in [0.717, 1.165) is 0 Å². The number of nitrogens with one attached hydrogen (secondary N) is 2. The summed E-state index contributed by atoms with van der Waals surface area (Å²) in [6, 6.07) is 1.31. The van der Waals surface area contributed by atoms with E-state index < -0.39 is 51.6 Å². The summed E-state index contributed by atoms with van der Waals surface area (Å²) in [4.78, 5) is 23.2. The number of anilines is 1. The zero-order valence-corrected chi connectivity index (χ0v) is 16.5. The minimum atomic E-state index is -4.24. The van der Waals surface area contributed by atoms with E-state index in [1.807, 2.05) is 0 Å². The molecule has 1 aliphatic carbocycles. The van der Waals surface area contributed by atoms with E-state index in [0.29, 0.717) is 16.3 Å². The number of carbonyl (C=O) groups excluding carboxylic acids is 2. The second-order valence-electron chi connectivity index (χ2n) is 7.89. The number of nitrogens with zero attached hydrogens (tertiary/aromatic N) is 1. The lowest BCUT2D eigenvalue weighted by molar-refractivity contribution is -0.117. The quantitative estimate of drug-likeness (QED) is 0.675. The summed E-state index contributed by atoms with van der Waals surface area (Å²) in [5.74, 6) is -2.38. The summed E-state index contributed by atoms with van der Waals surface area (Å²) in [7, 11) is -4.24. The van der Waals surface area contributed by atoms with Crippen molar-refractivity contribution in [2.45, 2.75) is 39.2 Å². The van der Waals surface area contributed by atoms with Gasteiger partial charge in [0.25, 0.3) is 5.91 Å². The Labute approximate surface area is 162 Å². The van der Waals surface area contributed by atoms with E-state index in [2.05, 4.69) is 5.32 Å². The Morgan fingerprint density at radius 2 is 2.11 bits per heavy atom. The Balaban J connectivity index is 1.77. The Bertz CT molecular complexity index is 941. The SMILES string of the molecule is CC(C)(C)OC(=O)NC[C@@H]1Cc2cc(O)c(N3CC(=O)NS3(=O)=O)c(F)c2C1. The first-order valence-electron chi connectivity index (χ1n) is 8.71.